The highest BCUT2D eigenvalue weighted by Gasteiger charge is 2.44. The van der Waals surface area contributed by atoms with Crippen molar-refractivity contribution in [2.75, 3.05) is 6.54 Å². The fraction of sp³-hybridized carbons (Fsp3) is 0.333. The van der Waals surface area contributed by atoms with Crippen LogP contribution in [-0.4, -0.2) is 24.0 Å². The van der Waals surface area contributed by atoms with E-state index in [9.17, 15) is 9.59 Å². The maximum atomic E-state index is 12.6. The predicted octanol–water partition coefficient (Wildman–Crippen LogP) is 3.28. The zero-order valence-corrected chi connectivity index (χ0v) is 17.2. The second-order valence-corrected chi connectivity index (χ2v) is 8.49. The third-order valence-corrected chi connectivity index (χ3v) is 5.35. The van der Waals surface area contributed by atoms with Crippen LogP contribution in [0, 0.1) is 0 Å². The summed E-state index contributed by atoms with van der Waals surface area (Å²) in [5.41, 5.74) is 7.19. The van der Waals surface area contributed by atoms with E-state index in [1.54, 1.807) is 24.3 Å². The maximum Gasteiger partial charge on any atom is 0.338 e. The van der Waals surface area contributed by atoms with Gasteiger partial charge in [-0.1, -0.05) is 40.2 Å². The number of esters is 1. The van der Waals surface area contributed by atoms with Crippen LogP contribution in [0.15, 0.2) is 46.9 Å². The van der Waals surface area contributed by atoms with E-state index in [-0.39, 0.29) is 0 Å². The molecule has 1 atom stereocenters. The minimum atomic E-state index is -1.14. The smallest absolute Gasteiger partial charge is 0.338 e. The molecule has 0 aromatic heterocycles. The molecule has 1 amide bonds. The highest BCUT2D eigenvalue weighted by molar-refractivity contribution is 9.10. The molecule has 0 aliphatic carbocycles. The summed E-state index contributed by atoms with van der Waals surface area (Å²) in [6.07, 6.45) is 0.793. The van der Waals surface area contributed by atoms with Gasteiger partial charge in [0, 0.05) is 11.0 Å². The molecule has 2 aromatic rings. The van der Waals surface area contributed by atoms with Crippen LogP contribution < -0.4 is 11.1 Å². The van der Waals surface area contributed by atoms with E-state index in [0.29, 0.717) is 17.7 Å². The number of halogens is 1. The van der Waals surface area contributed by atoms with E-state index < -0.39 is 23.0 Å². The number of primary amides is 1. The van der Waals surface area contributed by atoms with Crippen molar-refractivity contribution in [1.29, 1.82) is 0 Å². The summed E-state index contributed by atoms with van der Waals surface area (Å²) in [5.74, 6) is -0.881. The molecule has 27 heavy (non-hydrogen) atoms. The summed E-state index contributed by atoms with van der Waals surface area (Å²) in [4.78, 5) is 24.9. The summed E-state index contributed by atoms with van der Waals surface area (Å²) >= 11 is 3.57. The Morgan fingerprint density at radius 1 is 1.15 bits per heavy atom. The largest absolute Gasteiger partial charge is 0.456 e. The number of fused-ring (bicyclic) bond motifs is 1. The van der Waals surface area contributed by atoms with Crippen LogP contribution in [0.25, 0.3) is 0 Å². The molecule has 0 spiro atoms. The lowest BCUT2D eigenvalue weighted by Crippen LogP contribution is -2.56. The molecule has 0 bridgehead atoms. The molecular formula is C21H23BrN2O3. The first-order valence-electron chi connectivity index (χ1n) is 8.82. The minimum Gasteiger partial charge on any atom is -0.456 e. The van der Waals surface area contributed by atoms with E-state index in [1.807, 2.05) is 39.0 Å². The lowest BCUT2D eigenvalue weighted by atomic mass is 9.76. The topological polar surface area (TPSA) is 81.4 Å². The zero-order chi connectivity index (χ0) is 19.8. The Morgan fingerprint density at radius 2 is 1.81 bits per heavy atom. The number of amides is 1. The van der Waals surface area contributed by atoms with Crippen molar-refractivity contribution in [3.8, 4) is 0 Å². The molecule has 5 nitrogen and oxygen atoms in total. The first-order valence-corrected chi connectivity index (χ1v) is 9.61. The first kappa shape index (κ1) is 19.6. The van der Waals surface area contributed by atoms with Crippen LogP contribution in [0.3, 0.4) is 0 Å². The van der Waals surface area contributed by atoms with Gasteiger partial charge in [0.1, 0.15) is 11.1 Å². The van der Waals surface area contributed by atoms with Crippen LogP contribution in [0.5, 0.6) is 0 Å². The van der Waals surface area contributed by atoms with Gasteiger partial charge in [-0.15, -0.1) is 0 Å². The van der Waals surface area contributed by atoms with E-state index >= 15 is 0 Å². The van der Waals surface area contributed by atoms with Crippen LogP contribution in [0.4, 0.5) is 0 Å². The second-order valence-electron chi connectivity index (χ2n) is 7.64. The van der Waals surface area contributed by atoms with Gasteiger partial charge in [0.2, 0.25) is 5.91 Å². The molecule has 0 saturated heterocycles. The van der Waals surface area contributed by atoms with E-state index in [2.05, 4.69) is 21.2 Å². The molecular weight excluding hydrogens is 408 g/mol. The number of nitrogens with one attached hydrogen (secondary N) is 1. The molecule has 1 aliphatic heterocycles. The van der Waals surface area contributed by atoms with Gasteiger partial charge >= 0.3 is 5.97 Å². The molecule has 2 aromatic carbocycles. The van der Waals surface area contributed by atoms with Crippen molar-refractivity contribution >= 4 is 27.8 Å². The number of benzene rings is 2. The summed E-state index contributed by atoms with van der Waals surface area (Å²) in [7, 11) is 0. The maximum absolute atomic E-state index is 12.6. The average Bonchev–Trinajstić information content (AvgIpc) is 2.60. The fourth-order valence-corrected chi connectivity index (χ4v) is 4.01. The SMILES string of the molecule is CC(C)(C)OC(=O)c1ccc(C2(C(N)=O)NCCc3c(Br)cccc32)cc1. The zero-order valence-electron chi connectivity index (χ0n) is 15.6. The van der Waals surface area contributed by atoms with Gasteiger partial charge in [-0.2, -0.15) is 0 Å². The number of carbonyl (C=O) groups is 2. The Morgan fingerprint density at radius 3 is 2.41 bits per heavy atom. The summed E-state index contributed by atoms with van der Waals surface area (Å²) in [6.45, 7) is 6.08. The van der Waals surface area contributed by atoms with Crippen molar-refractivity contribution in [1.82, 2.24) is 5.32 Å². The summed E-state index contributed by atoms with van der Waals surface area (Å²) in [5, 5.41) is 3.31. The first-order chi connectivity index (χ1) is 12.6. The van der Waals surface area contributed by atoms with Gasteiger partial charge in [-0.05, 0) is 62.1 Å². The lowest BCUT2D eigenvalue weighted by Gasteiger charge is -2.38. The Kier molecular flexibility index (Phi) is 5.14. The number of nitrogens with two attached hydrogens (primary N) is 1. The van der Waals surface area contributed by atoms with Gasteiger partial charge in [0.25, 0.3) is 0 Å². The van der Waals surface area contributed by atoms with Gasteiger partial charge in [0.15, 0.2) is 0 Å². The van der Waals surface area contributed by atoms with Crippen molar-refractivity contribution in [3.05, 3.63) is 69.2 Å². The second kappa shape index (κ2) is 7.09. The van der Waals surface area contributed by atoms with Gasteiger partial charge in [-0.25, -0.2) is 4.79 Å². The Hall–Kier alpha value is -2.18. The Balaban J connectivity index is 2.05. The summed E-state index contributed by atoms with van der Waals surface area (Å²) < 4.78 is 6.36. The fourth-order valence-electron chi connectivity index (χ4n) is 3.45. The van der Waals surface area contributed by atoms with E-state index in [1.165, 1.54) is 0 Å². The van der Waals surface area contributed by atoms with Crippen molar-refractivity contribution < 1.29 is 14.3 Å². The molecule has 3 rings (SSSR count). The van der Waals surface area contributed by atoms with Crippen LogP contribution in [-0.2, 0) is 21.5 Å². The number of hydrogen-bond acceptors (Lipinski definition) is 4. The van der Waals surface area contributed by atoms with E-state index in [0.717, 1.165) is 22.0 Å². The molecule has 6 heteroatoms. The number of rotatable bonds is 3. The highest BCUT2D eigenvalue weighted by atomic mass is 79.9. The molecule has 1 heterocycles. The summed E-state index contributed by atoms with van der Waals surface area (Å²) in [6, 6.07) is 12.6. The Bertz CT molecular complexity index is 887. The van der Waals surface area contributed by atoms with Crippen LogP contribution >= 0.6 is 15.9 Å². The van der Waals surface area contributed by atoms with Crippen molar-refractivity contribution in [2.45, 2.75) is 38.3 Å². The molecule has 0 radical (unpaired) electrons. The molecule has 3 N–H and O–H groups in total. The van der Waals surface area contributed by atoms with Gasteiger partial charge in [-0.3, -0.25) is 10.1 Å². The number of hydrogen-bond donors (Lipinski definition) is 2. The standard InChI is InChI=1S/C21H23BrN2O3/c1-20(2,3)27-18(25)13-7-9-14(10-8-13)21(19(23)26)16-5-4-6-17(22)15(16)11-12-24-21/h4-10,24H,11-12H2,1-3H3,(H2,23,26). The number of carbonyl (C=O) groups excluding carboxylic acids is 2. The van der Waals surface area contributed by atoms with E-state index in [4.69, 9.17) is 10.5 Å². The third kappa shape index (κ3) is 3.64. The Labute approximate surface area is 167 Å². The van der Waals surface area contributed by atoms with Crippen molar-refractivity contribution in [3.63, 3.8) is 0 Å². The molecule has 0 saturated carbocycles. The quantitative estimate of drug-likeness (QED) is 0.731. The average molecular weight is 431 g/mol. The predicted molar refractivity (Wildman–Crippen MR) is 107 cm³/mol. The lowest BCUT2D eigenvalue weighted by molar-refractivity contribution is -0.123. The van der Waals surface area contributed by atoms with Gasteiger partial charge < -0.3 is 10.5 Å². The monoisotopic (exact) mass is 430 g/mol. The van der Waals surface area contributed by atoms with Crippen molar-refractivity contribution in [2.24, 2.45) is 5.73 Å². The molecule has 142 valence electrons. The molecule has 0 fully saturated rings. The normalized spacial score (nSPS) is 19.3. The van der Waals surface area contributed by atoms with Crippen LogP contribution in [0.2, 0.25) is 0 Å². The number of ether oxygens (including phenoxy) is 1. The highest BCUT2D eigenvalue weighted by Crippen LogP contribution is 2.38. The molecule has 1 unspecified atom stereocenters. The van der Waals surface area contributed by atoms with Gasteiger partial charge in [0.05, 0.1) is 5.56 Å². The third-order valence-electron chi connectivity index (χ3n) is 4.61. The van der Waals surface area contributed by atoms with Crippen LogP contribution in [0.1, 0.15) is 47.8 Å². The molecule has 1 aliphatic rings. The minimum absolute atomic E-state index is 0.401.